The predicted octanol–water partition coefficient (Wildman–Crippen LogP) is 5.81. The van der Waals surface area contributed by atoms with Crippen molar-refractivity contribution in [2.45, 2.75) is 11.1 Å². The summed E-state index contributed by atoms with van der Waals surface area (Å²) in [6.07, 6.45) is 1.79. The van der Waals surface area contributed by atoms with Crippen LogP contribution in [0.15, 0.2) is 75.9 Å². The van der Waals surface area contributed by atoms with Crippen LogP contribution in [0, 0.1) is 0 Å². The second-order valence-electron chi connectivity index (χ2n) is 5.84. The lowest BCUT2D eigenvalue weighted by molar-refractivity contribution is -0.137. The zero-order valence-corrected chi connectivity index (χ0v) is 18.4. The van der Waals surface area contributed by atoms with Crippen LogP contribution < -0.4 is 5.32 Å². The Morgan fingerprint density at radius 3 is 2.39 bits per heavy atom. The number of hydrogen-bond acceptors (Lipinski definition) is 6. The minimum Gasteiger partial charge on any atom is -0.323 e. The molecule has 164 valence electrons. The quantitative estimate of drug-likeness (QED) is 0.184. The Labute approximate surface area is 186 Å². The van der Waals surface area contributed by atoms with Crippen molar-refractivity contribution in [3.8, 4) is 0 Å². The molecule has 0 saturated carbocycles. The summed E-state index contributed by atoms with van der Waals surface area (Å²) in [5.41, 5.74) is 0.741. The van der Waals surface area contributed by atoms with E-state index in [1.807, 2.05) is 36.6 Å². The second-order valence-corrected chi connectivity index (χ2v) is 7.73. The number of aliphatic imine (C=N–C) groups is 1. The topological polar surface area (TPSA) is 63.0 Å². The second kappa shape index (κ2) is 12.2. The lowest BCUT2D eigenvalue weighted by Gasteiger charge is -2.07. The van der Waals surface area contributed by atoms with Gasteiger partial charge in [-0.15, -0.1) is 23.5 Å². The normalized spacial score (nSPS) is 12.5. The molecular weight excluding hydrogens is 447 g/mol. The number of carbonyl (C=O) groups excluding carboxylic acids is 1. The molecule has 1 amide bonds. The van der Waals surface area contributed by atoms with Crippen LogP contribution in [-0.2, 0) is 11.0 Å². The van der Waals surface area contributed by atoms with Crippen LogP contribution in [0.2, 0.25) is 0 Å². The summed E-state index contributed by atoms with van der Waals surface area (Å²) in [5.74, 6) is 0.672. The lowest BCUT2D eigenvalue weighted by atomic mass is 10.1. The Hall–Kier alpha value is -2.72. The summed E-state index contributed by atoms with van der Waals surface area (Å²) in [7, 11) is 1.44. The van der Waals surface area contributed by atoms with E-state index in [0.717, 1.165) is 22.6 Å². The van der Waals surface area contributed by atoms with Gasteiger partial charge in [0.15, 0.2) is 0 Å². The maximum Gasteiger partial charge on any atom is 0.433 e. The summed E-state index contributed by atoms with van der Waals surface area (Å²) in [6, 6.07) is 12.5. The lowest BCUT2D eigenvalue weighted by Crippen LogP contribution is -2.16. The number of thioether (sulfide) groups is 2. The molecule has 31 heavy (non-hydrogen) atoms. The maximum atomic E-state index is 12.7. The molecule has 0 aliphatic heterocycles. The molecule has 0 saturated heterocycles. The Morgan fingerprint density at radius 2 is 1.81 bits per heavy atom. The third kappa shape index (κ3) is 8.50. The molecular formula is C21H20F3N3O2S2. The standard InChI is InChI=1S/C21H20F3N3O2S2/c1-25-20(28)29-27-14-15-4-10-18(11-5-15)31-13-3-12-26-19(30-2)16-6-8-17(9-7-16)21(22,23)24/h3-12,14H,13H2,1-2H3,(H,25,28)/b12-3+,26-19?,27-14+. The predicted molar refractivity (Wildman–Crippen MR) is 121 cm³/mol. The van der Waals surface area contributed by atoms with Crippen LogP contribution in [0.4, 0.5) is 18.0 Å². The number of alkyl halides is 3. The van der Waals surface area contributed by atoms with Gasteiger partial charge in [0.2, 0.25) is 0 Å². The molecule has 0 atom stereocenters. The fraction of sp³-hybridized carbons (Fsp3) is 0.190. The first kappa shape index (κ1) is 24.5. The molecule has 0 unspecified atom stereocenters. The van der Waals surface area contributed by atoms with Gasteiger partial charge in [0.25, 0.3) is 0 Å². The monoisotopic (exact) mass is 467 g/mol. The van der Waals surface area contributed by atoms with Crippen LogP contribution in [0.5, 0.6) is 0 Å². The van der Waals surface area contributed by atoms with Gasteiger partial charge >= 0.3 is 12.3 Å². The summed E-state index contributed by atoms with van der Waals surface area (Å²) in [4.78, 5) is 20.8. The smallest absolute Gasteiger partial charge is 0.323 e. The van der Waals surface area contributed by atoms with Crippen LogP contribution in [0.3, 0.4) is 0 Å². The first-order valence-corrected chi connectivity index (χ1v) is 11.1. The van der Waals surface area contributed by atoms with E-state index in [0.29, 0.717) is 16.4 Å². The van der Waals surface area contributed by atoms with E-state index in [1.165, 1.54) is 37.2 Å². The number of hydrogen-bond donors (Lipinski definition) is 1. The van der Waals surface area contributed by atoms with Gasteiger partial charge in [0, 0.05) is 29.5 Å². The van der Waals surface area contributed by atoms with Crippen molar-refractivity contribution < 1.29 is 22.8 Å². The molecule has 0 aliphatic rings. The van der Waals surface area contributed by atoms with Crippen molar-refractivity contribution in [2.75, 3.05) is 19.1 Å². The third-order valence-corrected chi connectivity index (χ3v) is 5.41. The van der Waals surface area contributed by atoms with Crippen molar-refractivity contribution in [1.29, 1.82) is 0 Å². The van der Waals surface area contributed by atoms with Crippen LogP contribution in [-0.4, -0.2) is 36.4 Å². The average Bonchev–Trinajstić information content (AvgIpc) is 2.76. The number of amides is 1. The largest absolute Gasteiger partial charge is 0.433 e. The van der Waals surface area contributed by atoms with Gasteiger partial charge in [0.05, 0.1) is 11.8 Å². The van der Waals surface area contributed by atoms with Crippen LogP contribution in [0.25, 0.3) is 0 Å². The van der Waals surface area contributed by atoms with E-state index in [1.54, 1.807) is 18.0 Å². The van der Waals surface area contributed by atoms with Gasteiger partial charge in [-0.3, -0.25) is 4.84 Å². The Bertz CT molecular complexity index is 942. The SMILES string of the molecule is CNC(=O)O/N=C/c1ccc(SC/C=C/N=C(SC)c2ccc(C(F)(F)F)cc2)cc1. The highest BCUT2D eigenvalue weighted by atomic mass is 32.2. The molecule has 5 nitrogen and oxygen atoms in total. The number of halogens is 3. The highest BCUT2D eigenvalue weighted by molar-refractivity contribution is 8.13. The first-order chi connectivity index (χ1) is 14.8. The fourth-order valence-corrected chi connectivity index (χ4v) is 3.43. The molecule has 0 spiro atoms. The van der Waals surface area contributed by atoms with Gasteiger partial charge in [-0.05, 0) is 36.1 Å². The van der Waals surface area contributed by atoms with Crippen molar-refractivity contribution >= 4 is 40.9 Å². The van der Waals surface area contributed by atoms with E-state index in [4.69, 9.17) is 0 Å². The molecule has 2 rings (SSSR count). The van der Waals surface area contributed by atoms with E-state index in [2.05, 4.69) is 20.3 Å². The average molecular weight is 468 g/mol. The molecule has 2 aromatic carbocycles. The van der Waals surface area contributed by atoms with Gasteiger partial charge in [-0.2, -0.15) is 13.2 Å². The van der Waals surface area contributed by atoms with Gasteiger partial charge in [0.1, 0.15) is 5.04 Å². The van der Waals surface area contributed by atoms with Gasteiger partial charge < -0.3 is 5.32 Å². The number of carbonyl (C=O) groups is 1. The van der Waals surface area contributed by atoms with Crippen LogP contribution >= 0.6 is 23.5 Å². The minimum atomic E-state index is -4.35. The van der Waals surface area contributed by atoms with Crippen molar-refractivity contribution in [3.63, 3.8) is 0 Å². The van der Waals surface area contributed by atoms with Crippen LogP contribution in [0.1, 0.15) is 16.7 Å². The Morgan fingerprint density at radius 1 is 1.13 bits per heavy atom. The molecule has 10 heteroatoms. The molecule has 0 bridgehead atoms. The summed E-state index contributed by atoms with van der Waals surface area (Å²) < 4.78 is 38.0. The zero-order valence-electron chi connectivity index (χ0n) is 16.7. The first-order valence-electron chi connectivity index (χ1n) is 8.93. The molecule has 2 aromatic rings. The summed E-state index contributed by atoms with van der Waals surface area (Å²) in [6.45, 7) is 0. The number of benzene rings is 2. The molecule has 1 N–H and O–H groups in total. The van der Waals surface area contributed by atoms with E-state index in [9.17, 15) is 18.0 Å². The molecule has 0 aliphatic carbocycles. The molecule has 0 heterocycles. The maximum absolute atomic E-state index is 12.7. The van der Waals surface area contributed by atoms with Crippen molar-refractivity contribution in [3.05, 3.63) is 77.5 Å². The molecule has 0 fully saturated rings. The van der Waals surface area contributed by atoms with E-state index in [-0.39, 0.29) is 0 Å². The summed E-state index contributed by atoms with van der Waals surface area (Å²) in [5, 5.41) is 6.49. The van der Waals surface area contributed by atoms with E-state index < -0.39 is 17.8 Å². The molecule has 0 radical (unpaired) electrons. The minimum absolute atomic E-state index is 0.635. The van der Waals surface area contributed by atoms with Gasteiger partial charge in [-0.1, -0.05) is 35.5 Å². The van der Waals surface area contributed by atoms with E-state index >= 15 is 0 Å². The Kier molecular flexibility index (Phi) is 9.67. The third-order valence-electron chi connectivity index (χ3n) is 3.72. The number of rotatable bonds is 7. The zero-order chi connectivity index (χ0) is 22.7. The number of oxime groups is 1. The highest BCUT2D eigenvalue weighted by Crippen LogP contribution is 2.29. The fourth-order valence-electron chi connectivity index (χ4n) is 2.19. The number of nitrogens with one attached hydrogen (secondary N) is 1. The summed E-state index contributed by atoms with van der Waals surface area (Å²) >= 11 is 2.96. The van der Waals surface area contributed by atoms with Crippen molar-refractivity contribution in [1.82, 2.24) is 5.32 Å². The highest BCUT2D eigenvalue weighted by Gasteiger charge is 2.30. The Balaban J connectivity index is 1.87. The van der Waals surface area contributed by atoms with Crippen molar-refractivity contribution in [2.24, 2.45) is 10.1 Å². The molecule has 0 aromatic heterocycles. The van der Waals surface area contributed by atoms with Gasteiger partial charge in [-0.25, -0.2) is 9.79 Å². The number of nitrogens with zero attached hydrogens (tertiary/aromatic N) is 2.